The van der Waals surface area contributed by atoms with Crippen LogP contribution in [0.5, 0.6) is 0 Å². The van der Waals surface area contributed by atoms with E-state index in [0.29, 0.717) is 5.78 Å². The minimum atomic E-state index is -0.140. The highest BCUT2D eigenvalue weighted by Crippen LogP contribution is 2.44. The molecule has 0 atom stereocenters. The summed E-state index contributed by atoms with van der Waals surface area (Å²) in [6.07, 6.45) is 2.74. The Morgan fingerprint density at radius 3 is 2.59 bits per heavy atom. The molecule has 1 saturated heterocycles. The lowest BCUT2D eigenvalue weighted by atomic mass is 9.75. The third-order valence-electron chi connectivity index (χ3n) is 4.21. The number of hydrogen-bond acceptors (Lipinski definition) is 3. The maximum absolute atomic E-state index is 12.5. The zero-order valence-electron chi connectivity index (χ0n) is 10.1. The highest BCUT2D eigenvalue weighted by atomic mass is 16.7. The van der Waals surface area contributed by atoms with Crippen molar-refractivity contribution >= 4 is 5.78 Å². The molecule has 2 aliphatic rings. The van der Waals surface area contributed by atoms with Gasteiger partial charge in [0.15, 0.2) is 5.78 Å². The number of fused-ring (bicyclic) bond motifs is 1. The Bertz CT molecular complexity index is 447. The monoisotopic (exact) mass is 231 g/mol. The fourth-order valence-corrected chi connectivity index (χ4v) is 3.13. The lowest BCUT2D eigenvalue weighted by Crippen LogP contribution is -2.42. The molecule has 1 heterocycles. The number of benzene rings is 1. The third kappa shape index (κ3) is 1.61. The van der Waals surface area contributed by atoms with Crippen LogP contribution in [-0.2, 0) is 11.3 Å². The van der Waals surface area contributed by atoms with E-state index in [-0.39, 0.29) is 5.41 Å². The lowest BCUT2D eigenvalue weighted by molar-refractivity contribution is -0.153. The molecule has 1 spiro atoms. The molecule has 0 saturated carbocycles. The maximum atomic E-state index is 12.5. The second-order valence-corrected chi connectivity index (χ2v) is 5.05. The Hall–Kier alpha value is -1.19. The van der Waals surface area contributed by atoms with Crippen LogP contribution in [0.4, 0.5) is 0 Å². The van der Waals surface area contributed by atoms with Crippen molar-refractivity contribution in [3.8, 4) is 0 Å². The summed E-state index contributed by atoms with van der Waals surface area (Å²) in [6.45, 7) is 1.71. The fourth-order valence-electron chi connectivity index (χ4n) is 3.13. The number of Topliss-reactive ketones (excluding diaryl/α,β-unsaturated/α-hetero) is 1. The number of hydrogen-bond donors (Lipinski definition) is 0. The van der Waals surface area contributed by atoms with Crippen LogP contribution in [0.25, 0.3) is 0 Å². The number of carbonyl (C=O) groups is 1. The number of carbonyl (C=O) groups excluding carboxylic acids is 1. The summed E-state index contributed by atoms with van der Waals surface area (Å²) in [5, 5.41) is 1.95. The SMILES string of the molecule is CON1CCC2(CC1)Cc1ccccc1C2=O. The quantitative estimate of drug-likeness (QED) is 0.741. The number of rotatable bonds is 1. The molecule has 0 aromatic heterocycles. The highest BCUT2D eigenvalue weighted by Gasteiger charge is 2.46. The minimum absolute atomic E-state index is 0.140. The van der Waals surface area contributed by atoms with E-state index in [4.69, 9.17) is 4.84 Å². The molecule has 3 heteroatoms. The number of ketones is 1. The molecule has 0 amide bonds. The van der Waals surface area contributed by atoms with Gasteiger partial charge in [-0.25, -0.2) is 0 Å². The average molecular weight is 231 g/mol. The lowest BCUT2D eigenvalue weighted by Gasteiger charge is -2.36. The molecule has 1 aliphatic heterocycles. The van der Waals surface area contributed by atoms with Gasteiger partial charge in [0.1, 0.15) is 0 Å². The van der Waals surface area contributed by atoms with Gasteiger partial charge < -0.3 is 4.84 Å². The molecule has 90 valence electrons. The molecule has 0 bridgehead atoms. The third-order valence-corrected chi connectivity index (χ3v) is 4.21. The molecular formula is C14H17NO2. The van der Waals surface area contributed by atoms with Crippen molar-refractivity contribution in [1.29, 1.82) is 0 Å². The van der Waals surface area contributed by atoms with Crippen molar-refractivity contribution < 1.29 is 9.63 Å². The number of piperidine rings is 1. The molecule has 1 aliphatic carbocycles. The number of nitrogens with zero attached hydrogens (tertiary/aromatic N) is 1. The van der Waals surface area contributed by atoms with Crippen LogP contribution in [0.15, 0.2) is 24.3 Å². The first-order valence-electron chi connectivity index (χ1n) is 6.17. The predicted molar refractivity (Wildman–Crippen MR) is 64.7 cm³/mol. The van der Waals surface area contributed by atoms with Gasteiger partial charge in [0, 0.05) is 24.1 Å². The highest BCUT2D eigenvalue weighted by molar-refractivity contribution is 6.05. The summed E-state index contributed by atoms with van der Waals surface area (Å²) in [7, 11) is 1.70. The molecule has 1 fully saturated rings. The second kappa shape index (κ2) is 3.93. The molecule has 1 aromatic carbocycles. The summed E-state index contributed by atoms with van der Waals surface area (Å²) < 4.78 is 0. The summed E-state index contributed by atoms with van der Waals surface area (Å²) in [4.78, 5) is 17.7. The Kier molecular flexibility index (Phi) is 2.53. The van der Waals surface area contributed by atoms with Crippen molar-refractivity contribution in [2.75, 3.05) is 20.2 Å². The molecule has 0 radical (unpaired) electrons. The van der Waals surface area contributed by atoms with Crippen molar-refractivity contribution in [1.82, 2.24) is 5.06 Å². The van der Waals surface area contributed by atoms with Crippen LogP contribution in [0.2, 0.25) is 0 Å². The Morgan fingerprint density at radius 2 is 1.94 bits per heavy atom. The van der Waals surface area contributed by atoms with Crippen molar-refractivity contribution in [2.45, 2.75) is 19.3 Å². The van der Waals surface area contributed by atoms with Crippen LogP contribution >= 0.6 is 0 Å². The van der Waals surface area contributed by atoms with Crippen LogP contribution in [0, 0.1) is 5.41 Å². The topological polar surface area (TPSA) is 29.5 Å². The van der Waals surface area contributed by atoms with Gasteiger partial charge in [0.2, 0.25) is 0 Å². The van der Waals surface area contributed by atoms with E-state index in [9.17, 15) is 4.79 Å². The zero-order valence-corrected chi connectivity index (χ0v) is 10.1. The van der Waals surface area contributed by atoms with Gasteiger partial charge in [-0.2, -0.15) is 5.06 Å². The van der Waals surface area contributed by atoms with Crippen molar-refractivity contribution in [3.05, 3.63) is 35.4 Å². The number of hydroxylamine groups is 2. The normalized spacial score (nSPS) is 23.0. The van der Waals surface area contributed by atoms with Gasteiger partial charge in [-0.3, -0.25) is 4.79 Å². The van der Waals surface area contributed by atoms with Crippen LogP contribution < -0.4 is 0 Å². The summed E-state index contributed by atoms with van der Waals surface area (Å²) in [6, 6.07) is 8.04. The first kappa shape index (κ1) is 10.9. The van der Waals surface area contributed by atoms with E-state index in [2.05, 4.69) is 6.07 Å². The molecular weight excluding hydrogens is 214 g/mol. The van der Waals surface area contributed by atoms with Crippen molar-refractivity contribution in [3.63, 3.8) is 0 Å². The standard InChI is InChI=1S/C14H17NO2/c1-17-15-8-6-14(7-9-15)10-11-4-2-3-5-12(11)13(14)16/h2-5H,6-10H2,1H3. The Labute approximate surface area is 101 Å². The first-order chi connectivity index (χ1) is 8.25. The fraction of sp³-hybridized carbons (Fsp3) is 0.500. The Balaban J connectivity index is 1.86. The molecule has 3 rings (SSSR count). The van der Waals surface area contributed by atoms with Crippen LogP contribution in [0.3, 0.4) is 0 Å². The molecule has 0 N–H and O–H groups in total. The van der Waals surface area contributed by atoms with E-state index in [1.165, 1.54) is 5.56 Å². The Morgan fingerprint density at radius 1 is 1.24 bits per heavy atom. The van der Waals surface area contributed by atoms with E-state index in [1.807, 2.05) is 23.3 Å². The van der Waals surface area contributed by atoms with Crippen molar-refractivity contribution in [2.24, 2.45) is 5.41 Å². The minimum Gasteiger partial charge on any atom is -0.302 e. The van der Waals surface area contributed by atoms with E-state index >= 15 is 0 Å². The molecule has 1 aromatic rings. The smallest absolute Gasteiger partial charge is 0.169 e. The second-order valence-electron chi connectivity index (χ2n) is 5.05. The van der Waals surface area contributed by atoms with Gasteiger partial charge in [0.25, 0.3) is 0 Å². The maximum Gasteiger partial charge on any atom is 0.169 e. The molecule has 3 nitrogen and oxygen atoms in total. The van der Waals surface area contributed by atoms with E-state index < -0.39 is 0 Å². The zero-order chi connectivity index (χ0) is 11.9. The van der Waals surface area contributed by atoms with E-state index in [0.717, 1.165) is 37.9 Å². The predicted octanol–water partition coefficient (Wildman–Crippen LogP) is 2.07. The van der Waals surface area contributed by atoms with Crippen LogP contribution in [-0.4, -0.2) is 31.0 Å². The first-order valence-corrected chi connectivity index (χ1v) is 6.17. The molecule has 0 unspecified atom stereocenters. The summed E-state index contributed by atoms with van der Waals surface area (Å²) in [5.41, 5.74) is 2.03. The largest absolute Gasteiger partial charge is 0.302 e. The van der Waals surface area contributed by atoms with E-state index in [1.54, 1.807) is 7.11 Å². The van der Waals surface area contributed by atoms with Crippen LogP contribution in [0.1, 0.15) is 28.8 Å². The summed E-state index contributed by atoms with van der Waals surface area (Å²) in [5.74, 6) is 0.351. The van der Waals surface area contributed by atoms with Gasteiger partial charge in [-0.05, 0) is 24.8 Å². The summed E-state index contributed by atoms with van der Waals surface area (Å²) >= 11 is 0. The van der Waals surface area contributed by atoms with Gasteiger partial charge in [-0.15, -0.1) is 0 Å². The molecule has 17 heavy (non-hydrogen) atoms. The van der Waals surface area contributed by atoms with Gasteiger partial charge >= 0.3 is 0 Å². The van der Waals surface area contributed by atoms with Gasteiger partial charge in [-0.1, -0.05) is 24.3 Å². The van der Waals surface area contributed by atoms with Gasteiger partial charge in [0.05, 0.1) is 7.11 Å². The average Bonchev–Trinajstić information content (AvgIpc) is 2.65.